The van der Waals surface area contributed by atoms with Gasteiger partial charge in [0.05, 0.1) is 38.6 Å². The molecular weight excluding hydrogens is 493 g/mol. The molecule has 1 fully saturated rings. The smallest absolute Gasteiger partial charge is 0.493 e. The fourth-order valence-corrected chi connectivity index (χ4v) is 4.12. The fourth-order valence-electron chi connectivity index (χ4n) is 3.92. The highest BCUT2D eigenvalue weighted by Gasteiger charge is 2.51. The lowest BCUT2D eigenvalue weighted by atomic mass is 9.78. The number of hydrogen-bond acceptors (Lipinski definition) is 10. The van der Waals surface area contributed by atoms with Crippen LogP contribution in [0.25, 0.3) is 11.4 Å². The molecule has 1 atom stereocenters. The van der Waals surface area contributed by atoms with Gasteiger partial charge in [0, 0.05) is 5.56 Å². The third-order valence-electron chi connectivity index (χ3n) is 6.75. The summed E-state index contributed by atoms with van der Waals surface area (Å²) in [6.45, 7) is 8.04. The van der Waals surface area contributed by atoms with E-state index in [4.69, 9.17) is 23.5 Å². The Kier molecular flexibility index (Phi) is 7.32. The maximum absolute atomic E-state index is 9.98. The number of nitrogens with zero attached hydrogens (tertiary/aromatic N) is 4. The van der Waals surface area contributed by atoms with Crippen LogP contribution in [0, 0.1) is 11.3 Å². The van der Waals surface area contributed by atoms with Crippen LogP contribution >= 0.6 is 12.6 Å². The zero-order valence-electron chi connectivity index (χ0n) is 21.9. The molecule has 0 radical (unpaired) electrons. The van der Waals surface area contributed by atoms with Gasteiger partial charge in [-0.2, -0.15) is 5.26 Å². The Hall–Kier alpha value is -3.40. The number of thiol groups is 1. The van der Waals surface area contributed by atoms with Crippen LogP contribution in [0.4, 0.5) is 0 Å². The number of nitriles is 1. The van der Waals surface area contributed by atoms with E-state index in [0.717, 1.165) is 11.0 Å². The van der Waals surface area contributed by atoms with E-state index in [1.807, 2.05) is 52.0 Å². The van der Waals surface area contributed by atoms with Crippen LogP contribution in [-0.4, -0.2) is 54.5 Å². The minimum absolute atomic E-state index is 0.276. The Morgan fingerprint density at radius 2 is 1.54 bits per heavy atom. The van der Waals surface area contributed by atoms with E-state index in [9.17, 15) is 5.26 Å². The highest BCUT2D eigenvalue weighted by molar-refractivity contribution is 7.80. The van der Waals surface area contributed by atoms with Crippen molar-refractivity contribution in [2.24, 2.45) is 0 Å². The molecule has 1 aliphatic heterocycles. The van der Waals surface area contributed by atoms with Crippen molar-refractivity contribution < 1.29 is 23.5 Å². The van der Waals surface area contributed by atoms with Gasteiger partial charge < -0.3 is 28.9 Å². The van der Waals surface area contributed by atoms with Gasteiger partial charge in [0.2, 0.25) is 10.9 Å². The van der Waals surface area contributed by atoms with Gasteiger partial charge in [0.15, 0.2) is 23.4 Å². The largest absolute Gasteiger partial charge is 0.494 e. The third kappa shape index (κ3) is 4.94. The lowest BCUT2D eigenvalue weighted by molar-refractivity contribution is 0.00578. The van der Waals surface area contributed by atoms with E-state index in [1.54, 1.807) is 16.8 Å². The number of benzene rings is 2. The Labute approximate surface area is 222 Å². The van der Waals surface area contributed by atoms with Crippen molar-refractivity contribution in [3.05, 3.63) is 42.0 Å². The molecule has 1 N–H and O–H groups in total. The molecular formula is C25H30BN5O5S. The average molecular weight is 523 g/mol. The van der Waals surface area contributed by atoms with E-state index < -0.39 is 24.4 Å². The standard InChI is InChI=1S/C25H30BN5O5S/c1-24(2)25(3,4)36-26(35-24)17-10-8-15(9-11-17)18(14-27)30-31-22(28-29-23(31)37)16-12-19(32-5)21(34-7)20(13-16)33-6/h8-13,18,30H,1-7H3,(H,29,37). The van der Waals surface area contributed by atoms with Crippen molar-refractivity contribution in [3.63, 3.8) is 0 Å². The summed E-state index contributed by atoms with van der Waals surface area (Å²) >= 11 is 4.44. The van der Waals surface area contributed by atoms with Gasteiger partial charge in [-0.1, -0.05) is 24.3 Å². The topological polar surface area (TPSA) is 113 Å². The van der Waals surface area contributed by atoms with Crippen molar-refractivity contribution >= 4 is 25.2 Å². The van der Waals surface area contributed by atoms with Gasteiger partial charge in [-0.25, -0.2) is 4.68 Å². The highest BCUT2D eigenvalue weighted by Crippen LogP contribution is 2.41. The van der Waals surface area contributed by atoms with Crippen LogP contribution in [0.5, 0.6) is 17.2 Å². The van der Waals surface area contributed by atoms with Crippen LogP contribution < -0.4 is 25.1 Å². The second kappa shape index (κ2) is 10.2. The first-order chi connectivity index (χ1) is 17.5. The molecule has 0 amide bonds. The van der Waals surface area contributed by atoms with Crippen molar-refractivity contribution in [2.75, 3.05) is 26.8 Å². The molecule has 0 bridgehead atoms. The minimum Gasteiger partial charge on any atom is -0.493 e. The van der Waals surface area contributed by atoms with E-state index in [0.29, 0.717) is 28.6 Å². The number of aromatic nitrogens is 3. The second-order valence-electron chi connectivity index (χ2n) is 9.52. The van der Waals surface area contributed by atoms with Crippen LogP contribution in [0.15, 0.2) is 41.6 Å². The van der Waals surface area contributed by atoms with Crippen molar-refractivity contribution in [1.82, 2.24) is 14.9 Å². The summed E-state index contributed by atoms with van der Waals surface area (Å²) in [5, 5.41) is 18.6. The first-order valence-electron chi connectivity index (χ1n) is 11.6. The molecule has 10 nitrogen and oxygen atoms in total. The highest BCUT2D eigenvalue weighted by atomic mass is 32.1. The fraction of sp³-hybridized carbons (Fsp3) is 0.400. The Morgan fingerprint density at radius 1 is 0.973 bits per heavy atom. The molecule has 37 heavy (non-hydrogen) atoms. The lowest BCUT2D eigenvalue weighted by Crippen LogP contribution is -2.41. The molecule has 4 rings (SSSR count). The van der Waals surface area contributed by atoms with Crippen LogP contribution in [-0.2, 0) is 9.31 Å². The summed E-state index contributed by atoms with van der Waals surface area (Å²) in [5.41, 5.74) is 4.52. The molecule has 1 unspecified atom stereocenters. The lowest BCUT2D eigenvalue weighted by Gasteiger charge is -2.32. The molecule has 2 aromatic carbocycles. The number of ether oxygens (including phenoxy) is 3. The molecule has 3 aromatic rings. The molecule has 0 spiro atoms. The molecule has 0 saturated carbocycles. The first kappa shape index (κ1) is 26.7. The summed E-state index contributed by atoms with van der Waals surface area (Å²) in [4.78, 5) is 0. The van der Waals surface area contributed by atoms with Crippen LogP contribution in [0.1, 0.15) is 39.3 Å². The van der Waals surface area contributed by atoms with Crippen LogP contribution in [0.3, 0.4) is 0 Å². The van der Waals surface area contributed by atoms with Crippen molar-refractivity contribution in [3.8, 4) is 34.7 Å². The van der Waals surface area contributed by atoms with Gasteiger partial charge in [-0.3, -0.25) is 0 Å². The Morgan fingerprint density at radius 3 is 2.03 bits per heavy atom. The van der Waals surface area contributed by atoms with Crippen LogP contribution in [0.2, 0.25) is 0 Å². The summed E-state index contributed by atoms with van der Waals surface area (Å²) in [5.74, 6) is 1.79. The SMILES string of the molecule is COc1cc(-c2nnc(S)n2NC(C#N)c2ccc(B3OC(C)(C)C(C)(C)O3)cc2)cc(OC)c1OC. The third-order valence-corrected chi connectivity index (χ3v) is 7.04. The zero-order chi connectivity index (χ0) is 27.0. The summed E-state index contributed by atoms with van der Waals surface area (Å²) in [6.07, 6.45) is 0. The second-order valence-corrected chi connectivity index (χ2v) is 9.92. The minimum atomic E-state index is -0.727. The molecule has 1 aromatic heterocycles. The van der Waals surface area contributed by atoms with Crippen molar-refractivity contribution in [1.29, 1.82) is 5.26 Å². The molecule has 2 heterocycles. The average Bonchev–Trinajstić information content (AvgIpc) is 3.35. The van der Waals surface area contributed by atoms with E-state index in [2.05, 4.69) is 34.3 Å². The van der Waals surface area contributed by atoms with E-state index in [-0.39, 0.29) is 5.16 Å². The normalized spacial score (nSPS) is 16.7. The van der Waals surface area contributed by atoms with Gasteiger partial charge in [-0.05, 0) is 50.9 Å². The zero-order valence-corrected chi connectivity index (χ0v) is 22.8. The first-order valence-corrected chi connectivity index (χ1v) is 12.1. The molecule has 194 valence electrons. The van der Waals surface area contributed by atoms with Gasteiger partial charge in [0.25, 0.3) is 0 Å². The van der Waals surface area contributed by atoms with Gasteiger partial charge >= 0.3 is 7.12 Å². The molecule has 0 aliphatic carbocycles. The molecule has 1 saturated heterocycles. The maximum Gasteiger partial charge on any atom is 0.494 e. The summed E-state index contributed by atoms with van der Waals surface area (Å²) in [6, 6.07) is 12.6. The predicted octanol–water partition coefficient (Wildman–Crippen LogP) is 3.37. The van der Waals surface area contributed by atoms with Gasteiger partial charge in [0.1, 0.15) is 0 Å². The Balaban J connectivity index is 1.61. The number of nitrogens with one attached hydrogen (secondary N) is 1. The van der Waals surface area contributed by atoms with Gasteiger partial charge in [-0.15, -0.1) is 22.8 Å². The predicted molar refractivity (Wildman–Crippen MR) is 142 cm³/mol. The summed E-state index contributed by atoms with van der Waals surface area (Å²) < 4.78 is 30.1. The number of methoxy groups -OCH3 is 3. The Bertz CT molecular complexity index is 1280. The number of rotatable bonds is 8. The molecule has 12 heteroatoms. The monoisotopic (exact) mass is 523 g/mol. The number of hydrogen-bond donors (Lipinski definition) is 2. The maximum atomic E-state index is 9.98. The summed E-state index contributed by atoms with van der Waals surface area (Å²) in [7, 11) is 4.12. The molecule has 1 aliphatic rings. The van der Waals surface area contributed by atoms with Crippen molar-refractivity contribution in [2.45, 2.75) is 50.1 Å². The quantitative estimate of drug-likeness (QED) is 0.339. The van der Waals surface area contributed by atoms with E-state index >= 15 is 0 Å². The van der Waals surface area contributed by atoms with E-state index in [1.165, 1.54) is 21.3 Å².